The highest BCUT2D eigenvalue weighted by Crippen LogP contribution is 2.11. The Balaban J connectivity index is 2.02. The predicted octanol–water partition coefficient (Wildman–Crippen LogP) is 1.50. The van der Waals surface area contributed by atoms with Crippen LogP contribution in [0.3, 0.4) is 0 Å². The van der Waals surface area contributed by atoms with E-state index < -0.39 is 0 Å². The summed E-state index contributed by atoms with van der Waals surface area (Å²) in [6.45, 7) is 2.07. The monoisotopic (exact) mass is 277 g/mol. The summed E-state index contributed by atoms with van der Waals surface area (Å²) in [6, 6.07) is 7.53. The van der Waals surface area contributed by atoms with Gasteiger partial charge in [-0.3, -0.25) is 4.79 Å². The largest absolute Gasteiger partial charge is 0.394 e. The third kappa shape index (κ3) is 3.64. The number of hydrogen-bond donors (Lipinski definition) is 2. The van der Waals surface area contributed by atoms with Gasteiger partial charge in [-0.1, -0.05) is 12.1 Å². The molecule has 0 radical (unpaired) electrons. The highest BCUT2D eigenvalue weighted by Gasteiger charge is 2.09. The molecule has 0 aliphatic rings. The summed E-state index contributed by atoms with van der Waals surface area (Å²) < 4.78 is 14.3. The Kier molecular flexibility index (Phi) is 4.47. The molecule has 0 bridgehead atoms. The maximum absolute atomic E-state index is 12.8. The van der Waals surface area contributed by atoms with Gasteiger partial charge >= 0.3 is 0 Å². The van der Waals surface area contributed by atoms with Crippen molar-refractivity contribution in [2.45, 2.75) is 19.9 Å². The van der Waals surface area contributed by atoms with Crippen LogP contribution in [0, 0.1) is 12.7 Å². The van der Waals surface area contributed by atoms with Crippen molar-refractivity contribution in [2.75, 3.05) is 11.9 Å². The van der Waals surface area contributed by atoms with E-state index in [0.717, 1.165) is 11.3 Å². The van der Waals surface area contributed by atoms with Crippen LogP contribution >= 0.6 is 0 Å². The lowest BCUT2D eigenvalue weighted by Crippen LogP contribution is -2.18. The van der Waals surface area contributed by atoms with E-state index in [4.69, 9.17) is 5.11 Å². The number of halogens is 1. The Labute approximate surface area is 116 Å². The number of aliphatic hydroxyl groups excluding tert-OH is 1. The van der Waals surface area contributed by atoms with Gasteiger partial charge in [-0.25, -0.2) is 9.07 Å². The van der Waals surface area contributed by atoms with Crippen molar-refractivity contribution < 1.29 is 14.3 Å². The number of rotatable bonds is 5. The molecule has 1 aromatic carbocycles. The van der Waals surface area contributed by atoms with E-state index in [2.05, 4.69) is 10.4 Å². The number of amides is 1. The summed E-state index contributed by atoms with van der Waals surface area (Å²) >= 11 is 0. The highest BCUT2D eigenvalue weighted by atomic mass is 19.1. The van der Waals surface area contributed by atoms with Gasteiger partial charge in [0.05, 0.1) is 25.3 Å². The molecule has 0 unspecified atom stereocenters. The molecule has 1 aromatic heterocycles. The summed E-state index contributed by atoms with van der Waals surface area (Å²) in [5.74, 6) is 0.00478. The number of aliphatic hydroxyl groups is 1. The zero-order chi connectivity index (χ0) is 14.5. The molecule has 0 atom stereocenters. The average Bonchev–Trinajstić information content (AvgIpc) is 2.73. The van der Waals surface area contributed by atoms with Crippen LogP contribution in [0.15, 0.2) is 30.3 Å². The van der Waals surface area contributed by atoms with Gasteiger partial charge in [0.25, 0.3) is 0 Å². The van der Waals surface area contributed by atoms with Crippen LogP contribution in [-0.2, 0) is 17.8 Å². The molecule has 106 valence electrons. The first-order chi connectivity index (χ1) is 9.58. The van der Waals surface area contributed by atoms with Gasteiger partial charge in [-0.15, -0.1) is 0 Å². The van der Waals surface area contributed by atoms with E-state index in [1.807, 2.05) is 6.92 Å². The Morgan fingerprint density at radius 2 is 2.10 bits per heavy atom. The fourth-order valence-corrected chi connectivity index (χ4v) is 1.89. The van der Waals surface area contributed by atoms with Crippen molar-refractivity contribution in [3.8, 4) is 0 Å². The molecule has 0 fully saturated rings. The van der Waals surface area contributed by atoms with Crippen LogP contribution in [0.5, 0.6) is 0 Å². The number of nitrogens with one attached hydrogen (secondary N) is 1. The van der Waals surface area contributed by atoms with E-state index in [0.29, 0.717) is 12.4 Å². The van der Waals surface area contributed by atoms with Gasteiger partial charge in [0, 0.05) is 6.07 Å². The van der Waals surface area contributed by atoms with Crippen molar-refractivity contribution >= 4 is 11.7 Å². The number of anilines is 1. The molecule has 0 saturated carbocycles. The van der Waals surface area contributed by atoms with Crippen molar-refractivity contribution in [2.24, 2.45) is 0 Å². The molecule has 1 heterocycles. The summed E-state index contributed by atoms with van der Waals surface area (Å²) in [4.78, 5) is 11.9. The van der Waals surface area contributed by atoms with Gasteiger partial charge in [0.2, 0.25) is 5.91 Å². The van der Waals surface area contributed by atoms with Crippen LogP contribution < -0.4 is 5.32 Å². The number of aromatic nitrogens is 2. The second-order valence-corrected chi connectivity index (χ2v) is 4.47. The lowest BCUT2D eigenvalue weighted by atomic mass is 10.1. The molecular formula is C14H16FN3O2. The fraction of sp³-hybridized carbons (Fsp3) is 0.286. The van der Waals surface area contributed by atoms with Crippen molar-refractivity contribution in [3.05, 3.63) is 47.4 Å². The van der Waals surface area contributed by atoms with E-state index in [1.54, 1.807) is 18.2 Å². The minimum atomic E-state index is -0.328. The van der Waals surface area contributed by atoms with Crippen molar-refractivity contribution in [1.82, 2.24) is 9.78 Å². The topological polar surface area (TPSA) is 67.2 Å². The predicted molar refractivity (Wildman–Crippen MR) is 72.8 cm³/mol. The number of benzene rings is 1. The van der Waals surface area contributed by atoms with Gasteiger partial charge in [-0.2, -0.15) is 5.10 Å². The molecule has 6 heteroatoms. The molecule has 5 nitrogen and oxygen atoms in total. The molecule has 0 aliphatic carbocycles. The lowest BCUT2D eigenvalue weighted by Gasteiger charge is -2.07. The highest BCUT2D eigenvalue weighted by molar-refractivity contribution is 5.91. The number of aryl methyl sites for hydroxylation is 1. The smallest absolute Gasteiger partial charge is 0.229 e. The summed E-state index contributed by atoms with van der Waals surface area (Å²) in [7, 11) is 0. The molecule has 0 spiro atoms. The maximum atomic E-state index is 12.8. The van der Waals surface area contributed by atoms with E-state index in [-0.39, 0.29) is 24.8 Å². The minimum absolute atomic E-state index is 0.0536. The summed E-state index contributed by atoms with van der Waals surface area (Å²) in [5.41, 5.74) is 1.49. The third-order valence-electron chi connectivity index (χ3n) is 2.76. The number of nitrogens with zero attached hydrogens (tertiary/aromatic N) is 2. The molecule has 2 rings (SSSR count). The van der Waals surface area contributed by atoms with Gasteiger partial charge in [-0.05, 0) is 24.6 Å². The van der Waals surface area contributed by atoms with Crippen LogP contribution in [0.1, 0.15) is 11.3 Å². The second-order valence-electron chi connectivity index (χ2n) is 4.47. The normalized spacial score (nSPS) is 10.6. The van der Waals surface area contributed by atoms with Crippen LogP contribution in [-0.4, -0.2) is 27.4 Å². The number of carbonyl (C=O) groups is 1. The first-order valence-electron chi connectivity index (χ1n) is 6.28. The van der Waals surface area contributed by atoms with Crippen LogP contribution in [0.4, 0.5) is 10.2 Å². The SMILES string of the molecule is Cc1cc(NC(=O)Cc2ccc(F)cc2)n(CCO)n1. The van der Waals surface area contributed by atoms with Crippen LogP contribution in [0.2, 0.25) is 0 Å². The van der Waals surface area contributed by atoms with Gasteiger partial charge in [0.1, 0.15) is 11.6 Å². The molecule has 2 N–H and O–H groups in total. The standard InChI is InChI=1S/C14H16FN3O2/c1-10-8-13(18(17-10)6-7-19)16-14(20)9-11-2-4-12(15)5-3-11/h2-5,8,19H,6-7,9H2,1H3,(H,16,20). The Morgan fingerprint density at radius 3 is 2.75 bits per heavy atom. The molecular weight excluding hydrogens is 261 g/mol. The summed E-state index contributed by atoms with van der Waals surface area (Å²) in [5, 5.41) is 15.8. The van der Waals surface area contributed by atoms with Crippen molar-refractivity contribution in [1.29, 1.82) is 0 Å². The van der Waals surface area contributed by atoms with E-state index in [1.165, 1.54) is 16.8 Å². The van der Waals surface area contributed by atoms with Crippen molar-refractivity contribution in [3.63, 3.8) is 0 Å². The van der Waals surface area contributed by atoms with Gasteiger partial charge in [0.15, 0.2) is 0 Å². The van der Waals surface area contributed by atoms with E-state index >= 15 is 0 Å². The molecule has 0 saturated heterocycles. The quantitative estimate of drug-likeness (QED) is 0.870. The summed E-state index contributed by atoms with van der Waals surface area (Å²) in [6.07, 6.45) is 0.156. The second kappa shape index (κ2) is 6.29. The molecule has 20 heavy (non-hydrogen) atoms. The fourth-order valence-electron chi connectivity index (χ4n) is 1.89. The number of hydrogen-bond acceptors (Lipinski definition) is 3. The van der Waals surface area contributed by atoms with E-state index in [9.17, 15) is 9.18 Å². The Bertz CT molecular complexity index is 593. The zero-order valence-electron chi connectivity index (χ0n) is 11.1. The maximum Gasteiger partial charge on any atom is 0.229 e. The van der Waals surface area contributed by atoms with Crippen LogP contribution in [0.25, 0.3) is 0 Å². The third-order valence-corrected chi connectivity index (χ3v) is 2.76. The average molecular weight is 277 g/mol. The molecule has 1 amide bonds. The first-order valence-corrected chi connectivity index (χ1v) is 6.28. The molecule has 0 aliphatic heterocycles. The Morgan fingerprint density at radius 1 is 1.40 bits per heavy atom. The first kappa shape index (κ1) is 14.2. The minimum Gasteiger partial charge on any atom is -0.394 e. The Hall–Kier alpha value is -2.21. The van der Waals surface area contributed by atoms with Gasteiger partial charge < -0.3 is 10.4 Å². The molecule has 2 aromatic rings. The lowest BCUT2D eigenvalue weighted by molar-refractivity contribution is -0.115. The zero-order valence-corrected chi connectivity index (χ0v) is 11.1. The number of carbonyl (C=O) groups excluding carboxylic acids is 1.